The summed E-state index contributed by atoms with van der Waals surface area (Å²) in [6, 6.07) is 11.4. The summed E-state index contributed by atoms with van der Waals surface area (Å²) in [6.45, 7) is 4.08. The van der Waals surface area contributed by atoms with Crippen LogP contribution < -0.4 is 0 Å². The summed E-state index contributed by atoms with van der Waals surface area (Å²) in [4.78, 5) is 6.65. The normalized spacial score (nSPS) is 16.3. The lowest BCUT2D eigenvalue weighted by molar-refractivity contribution is -0.143. The van der Waals surface area contributed by atoms with Crippen molar-refractivity contribution in [1.82, 2.24) is 9.88 Å². The summed E-state index contributed by atoms with van der Waals surface area (Å²) < 4.78 is 84.7. The molecule has 2 aromatic carbocycles. The van der Waals surface area contributed by atoms with E-state index in [1.54, 1.807) is 6.92 Å². The Balaban J connectivity index is 1.54. The molecular formula is C24H22F6N2O. The van der Waals surface area contributed by atoms with Gasteiger partial charge in [-0.1, -0.05) is 30.3 Å². The van der Waals surface area contributed by atoms with Gasteiger partial charge >= 0.3 is 12.4 Å². The van der Waals surface area contributed by atoms with Crippen LogP contribution >= 0.6 is 0 Å². The van der Waals surface area contributed by atoms with Crippen molar-refractivity contribution < 1.29 is 30.8 Å². The van der Waals surface area contributed by atoms with Gasteiger partial charge in [-0.2, -0.15) is 26.3 Å². The summed E-state index contributed by atoms with van der Waals surface area (Å²) in [5, 5.41) is 0. The van der Waals surface area contributed by atoms with E-state index in [2.05, 4.69) is 22.0 Å². The predicted molar refractivity (Wildman–Crippen MR) is 110 cm³/mol. The molecule has 4 rings (SSSR count). The zero-order chi connectivity index (χ0) is 23.8. The average molecular weight is 468 g/mol. The van der Waals surface area contributed by atoms with Gasteiger partial charge in [0.2, 0.25) is 5.89 Å². The molecule has 0 unspecified atom stereocenters. The molecule has 3 aromatic rings. The van der Waals surface area contributed by atoms with Crippen molar-refractivity contribution in [2.45, 2.75) is 44.6 Å². The van der Waals surface area contributed by atoms with Gasteiger partial charge in [-0.15, -0.1) is 0 Å². The minimum absolute atomic E-state index is 0.0300. The zero-order valence-electron chi connectivity index (χ0n) is 17.8. The Morgan fingerprint density at radius 3 is 2.03 bits per heavy atom. The maximum atomic E-state index is 13.2. The van der Waals surface area contributed by atoms with Gasteiger partial charge in [0.1, 0.15) is 5.76 Å². The standard InChI is InChI=1S/C24H22F6N2O/c1-15-21(17-7-9-32(10-8-17)14-16-5-3-2-4-6-16)31-22(33-15)18-11-19(23(25,26)27)13-20(12-18)24(28,29)30/h2-6,11-13,17H,7-10,14H2,1H3. The van der Waals surface area contributed by atoms with E-state index in [4.69, 9.17) is 4.42 Å². The Morgan fingerprint density at radius 2 is 1.48 bits per heavy atom. The number of aromatic nitrogens is 1. The summed E-state index contributed by atoms with van der Waals surface area (Å²) in [7, 11) is 0. The molecule has 9 heteroatoms. The van der Waals surface area contributed by atoms with Crippen molar-refractivity contribution in [3.8, 4) is 11.5 Å². The molecule has 0 bridgehead atoms. The van der Waals surface area contributed by atoms with Crippen LogP contribution in [-0.2, 0) is 18.9 Å². The third-order valence-corrected chi connectivity index (χ3v) is 5.89. The number of hydrogen-bond acceptors (Lipinski definition) is 3. The monoisotopic (exact) mass is 468 g/mol. The van der Waals surface area contributed by atoms with Crippen molar-refractivity contribution in [2.75, 3.05) is 13.1 Å². The molecule has 1 saturated heterocycles. The second-order valence-corrected chi connectivity index (χ2v) is 8.29. The van der Waals surface area contributed by atoms with E-state index < -0.39 is 23.5 Å². The van der Waals surface area contributed by atoms with E-state index in [0.29, 0.717) is 23.6 Å². The predicted octanol–water partition coefficient (Wildman–Crippen LogP) is 7.07. The molecule has 0 spiro atoms. The topological polar surface area (TPSA) is 29.3 Å². The minimum Gasteiger partial charge on any atom is -0.441 e. The number of alkyl halides is 6. The molecule has 33 heavy (non-hydrogen) atoms. The maximum Gasteiger partial charge on any atom is 0.416 e. The van der Waals surface area contributed by atoms with Gasteiger partial charge in [0.25, 0.3) is 0 Å². The van der Waals surface area contributed by atoms with Crippen LogP contribution in [0.5, 0.6) is 0 Å². The number of rotatable bonds is 4. The quantitative estimate of drug-likeness (QED) is 0.384. The van der Waals surface area contributed by atoms with Crippen LogP contribution in [0.4, 0.5) is 26.3 Å². The number of halogens is 6. The van der Waals surface area contributed by atoms with Gasteiger partial charge in [0, 0.05) is 18.0 Å². The molecule has 0 N–H and O–H groups in total. The van der Waals surface area contributed by atoms with Gasteiger partial charge < -0.3 is 4.42 Å². The first-order valence-corrected chi connectivity index (χ1v) is 10.5. The highest BCUT2D eigenvalue weighted by molar-refractivity contribution is 5.58. The van der Waals surface area contributed by atoms with Gasteiger partial charge in [0.05, 0.1) is 16.8 Å². The molecule has 0 aliphatic carbocycles. The minimum atomic E-state index is -4.92. The number of nitrogens with zero attached hydrogens (tertiary/aromatic N) is 2. The fourth-order valence-electron chi connectivity index (χ4n) is 4.19. The van der Waals surface area contributed by atoms with Crippen LogP contribution in [-0.4, -0.2) is 23.0 Å². The van der Waals surface area contributed by atoms with Crippen molar-refractivity contribution >= 4 is 0 Å². The number of aryl methyl sites for hydroxylation is 1. The highest BCUT2D eigenvalue weighted by Crippen LogP contribution is 2.39. The lowest BCUT2D eigenvalue weighted by atomic mass is 9.92. The number of likely N-dealkylation sites (tertiary alicyclic amines) is 1. The smallest absolute Gasteiger partial charge is 0.416 e. The maximum absolute atomic E-state index is 13.2. The second kappa shape index (κ2) is 8.85. The first kappa shape index (κ1) is 23.4. The molecule has 0 atom stereocenters. The Hall–Kier alpha value is -2.81. The fraction of sp³-hybridized carbons (Fsp3) is 0.375. The molecule has 1 fully saturated rings. The van der Waals surface area contributed by atoms with Crippen molar-refractivity contribution in [3.63, 3.8) is 0 Å². The molecule has 0 amide bonds. The Kier molecular flexibility index (Phi) is 6.26. The van der Waals surface area contributed by atoms with Crippen LogP contribution in [0, 0.1) is 6.92 Å². The molecular weight excluding hydrogens is 446 g/mol. The van der Waals surface area contributed by atoms with Crippen molar-refractivity contribution in [3.05, 3.63) is 76.7 Å². The molecule has 176 valence electrons. The van der Waals surface area contributed by atoms with Gasteiger partial charge in [0.15, 0.2) is 0 Å². The fourth-order valence-corrected chi connectivity index (χ4v) is 4.19. The Bertz CT molecular complexity index is 1060. The molecule has 1 aliphatic heterocycles. The summed E-state index contributed by atoms with van der Waals surface area (Å²) in [5.74, 6) is 0.214. The molecule has 0 saturated carbocycles. The number of hydrogen-bond donors (Lipinski definition) is 0. The largest absolute Gasteiger partial charge is 0.441 e. The SMILES string of the molecule is Cc1oc(-c2cc(C(F)(F)F)cc(C(F)(F)F)c2)nc1C1CCN(Cc2ccccc2)CC1. The third kappa shape index (κ3) is 5.40. The van der Waals surface area contributed by atoms with Crippen LogP contribution in [0.3, 0.4) is 0 Å². The number of benzene rings is 2. The second-order valence-electron chi connectivity index (χ2n) is 8.29. The molecule has 3 nitrogen and oxygen atoms in total. The highest BCUT2D eigenvalue weighted by Gasteiger charge is 2.37. The van der Waals surface area contributed by atoms with Crippen LogP contribution in [0.1, 0.15) is 46.9 Å². The summed E-state index contributed by atoms with van der Waals surface area (Å²) in [6.07, 6.45) is -8.30. The first-order valence-electron chi connectivity index (χ1n) is 10.5. The van der Waals surface area contributed by atoms with E-state index in [1.807, 2.05) is 18.2 Å². The number of oxazole rings is 1. The third-order valence-electron chi connectivity index (χ3n) is 5.89. The summed E-state index contributed by atoms with van der Waals surface area (Å²) in [5.41, 5.74) is -1.32. The van der Waals surface area contributed by atoms with E-state index in [-0.39, 0.29) is 23.4 Å². The van der Waals surface area contributed by atoms with Crippen molar-refractivity contribution in [2.24, 2.45) is 0 Å². The van der Waals surface area contributed by atoms with Gasteiger partial charge in [-0.25, -0.2) is 4.98 Å². The highest BCUT2D eigenvalue weighted by atomic mass is 19.4. The summed E-state index contributed by atoms with van der Waals surface area (Å²) >= 11 is 0. The van der Waals surface area contributed by atoms with E-state index in [0.717, 1.165) is 32.5 Å². The molecule has 1 aliphatic rings. The van der Waals surface area contributed by atoms with Crippen LogP contribution in [0.25, 0.3) is 11.5 Å². The van der Waals surface area contributed by atoms with Gasteiger partial charge in [-0.05, 0) is 56.6 Å². The van der Waals surface area contributed by atoms with Gasteiger partial charge in [-0.3, -0.25) is 4.90 Å². The van der Waals surface area contributed by atoms with Crippen LogP contribution in [0.2, 0.25) is 0 Å². The number of piperidine rings is 1. The van der Waals surface area contributed by atoms with E-state index >= 15 is 0 Å². The molecule has 1 aromatic heterocycles. The molecule has 0 radical (unpaired) electrons. The lowest BCUT2D eigenvalue weighted by Gasteiger charge is -2.31. The molecule has 2 heterocycles. The van der Waals surface area contributed by atoms with E-state index in [9.17, 15) is 26.3 Å². The average Bonchev–Trinajstić information content (AvgIpc) is 3.15. The Labute approximate surface area is 187 Å². The first-order chi connectivity index (χ1) is 15.5. The Morgan fingerprint density at radius 1 is 0.909 bits per heavy atom. The van der Waals surface area contributed by atoms with E-state index in [1.165, 1.54) is 5.56 Å². The zero-order valence-corrected chi connectivity index (χ0v) is 17.8. The van der Waals surface area contributed by atoms with Crippen LogP contribution in [0.15, 0.2) is 52.9 Å². The lowest BCUT2D eigenvalue weighted by Crippen LogP contribution is -2.32. The van der Waals surface area contributed by atoms with Crippen molar-refractivity contribution in [1.29, 1.82) is 0 Å².